The topological polar surface area (TPSA) is 50.8 Å². The lowest BCUT2D eigenvalue weighted by atomic mass is 10.1. The summed E-state index contributed by atoms with van der Waals surface area (Å²) in [5.41, 5.74) is 2.09. The molecular weight excluding hydrogens is 214 g/mol. The van der Waals surface area contributed by atoms with Crippen LogP contribution < -0.4 is 4.74 Å². The van der Waals surface area contributed by atoms with Crippen LogP contribution in [0.1, 0.15) is 31.2 Å². The minimum absolute atomic E-state index is 0.357. The van der Waals surface area contributed by atoms with Crippen LogP contribution in [-0.4, -0.2) is 22.3 Å². The second-order valence-electron chi connectivity index (χ2n) is 4.38. The average Bonchev–Trinajstić information content (AvgIpc) is 2.78. The SMILES string of the molecule is COc1ccc(-c2n[nH]c(C(C)C)n2)cc1C. The highest BCUT2D eigenvalue weighted by atomic mass is 16.5. The van der Waals surface area contributed by atoms with E-state index < -0.39 is 0 Å². The van der Waals surface area contributed by atoms with E-state index in [9.17, 15) is 0 Å². The molecule has 0 radical (unpaired) electrons. The summed E-state index contributed by atoms with van der Waals surface area (Å²) in [6.45, 7) is 6.19. The van der Waals surface area contributed by atoms with Crippen LogP contribution in [0.3, 0.4) is 0 Å². The third kappa shape index (κ3) is 2.30. The third-order valence-corrected chi connectivity index (χ3v) is 2.70. The van der Waals surface area contributed by atoms with Gasteiger partial charge in [-0.05, 0) is 30.7 Å². The minimum Gasteiger partial charge on any atom is -0.496 e. The molecule has 0 saturated heterocycles. The van der Waals surface area contributed by atoms with E-state index in [-0.39, 0.29) is 0 Å². The number of ether oxygens (including phenoxy) is 1. The van der Waals surface area contributed by atoms with E-state index in [1.807, 2.05) is 25.1 Å². The highest BCUT2D eigenvalue weighted by Gasteiger charge is 2.09. The Balaban J connectivity index is 2.36. The predicted molar refractivity (Wildman–Crippen MR) is 67.2 cm³/mol. The number of nitrogens with zero attached hydrogens (tertiary/aromatic N) is 2. The highest BCUT2D eigenvalue weighted by molar-refractivity contribution is 5.58. The van der Waals surface area contributed by atoms with Gasteiger partial charge in [0, 0.05) is 11.5 Å². The van der Waals surface area contributed by atoms with Crippen molar-refractivity contribution < 1.29 is 4.74 Å². The molecule has 1 aromatic carbocycles. The van der Waals surface area contributed by atoms with Gasteiger partial charge in [-0.25, -0.2) is 4.98 Å². The van der Waals surface area contributed by atoms with Crippen molar-refractivity contribution in [2.75, 3.05) is 7.11 Å². The third-order valence-electron chi connectivity index (χ3n) is 2.70. The lowest BCUT2D eigenvalue weighted by Crippen LogP contribution is -1.90. The number of aromatic nitrogens is 3. The fraction of sp³-hybridized carbons (Fsp3) is 0.385. The Kier molecular flexibility index (Phi) is 3.13. The molecule has 1 N–H and O–H groups in total. The Bertz CT molecular complexity index is 517. The molecule has 0 aliphatic carbocycles. The molecule has 0 spiro atoms. The van der Waals surface area contributed by atoms with E-state index in [0.717, 1.165) is 28.5 Å². The van der Waals surface area contributed by atoms with Crippen LogP contribution >= 0.6 is 0 Å². The molecule has 0 atom stereocenters. The Morgan fingerprint density at radius 2 is 2.06 bits per heavy atom. The van der Waals surface area contributed by atoms with Crippen molar-refractivity contribution >= 4 is 0 Å². The first-order chi connectivity index (χ1) is 8.11. The highest BCUT2D eigenvalue weighted by Crippen LogP contribution is 2.24. The Morgan fingerprint density at radius 1 is 1.29 bits per heavy atom. The number of aryl methyl sites for hydroxylation is 1. The van der Waals surface area contributed by atoms with Gasteiger partial charge in [0.2, 0.25) is 0 Å². The molecule has 2 rings (SSSR count). The summed E-state index contributed by atoms with van der Waals surface area (Å²) >= 11 is 0. The number of hydrogen-bond donors (Lipinski definition) is 1. The van der Waals surface area contributed by atoms with Crippen molar-refractivity contribution in [3.8, 4) is 17.1 Å². The molecular formula is C13H17N3O. The van der Waals surface area contributed by atoms with Gasteiger partial charge in [0.25, 0.3) is 0 Å². The van der Waals surface area contributed by atoms with Crippen molar-refractivity contribution in [2.24, 2.45) is 0 Å². The monoisotopic (exact) mass is 231 g/mol. The molecule has 0 unspecified atom stereocenters. The minimum atomic E-state index is 0.357. The van der Waals surface area contributed by atoms with Crippen LogP contribution in [0.2, 0.25) is 0 Å². The average molecular weight is 231 g/mol. The number of aromatic amines is 1. The maximum Gasteiger partial charge on any atom is 0.181 e. The van der Waals surface area contributed by atoms with Gasteiger partial charge in [-0.15, -0.1) is 0 Å². The van der Waals surface area contributed by atoms with Crippen LogP contribution in [0.4, 0.5) is 0 Å². The molecule has 4 heteroatoms. The van der Waals surface area contributed by atoms with Crippen molar-refractivity contribution in [2.45, 2.75) is 26.7 Å². The molecule has 0 saturated carbocycles. The Hall–Kier alpha value is -1.84. The van der Waals surface area contributed by atoms with Crippen LogP contribution in [0, 0.1) is 6.92 Å². The van der Waals surface area contributed by atoms with E-state index in [1.54, 1.807) is 7.11 Å². The molecule has 1 aromatic heterocycles. The summed E-state index contributed by atoms with van der Waals surface area (Å²) in [6.07, 6.45) is 0. The Morgan fingerprint density at radius 3 is 2.59 bits per heavy atom. The number of nitrogens with one attached hydrogen (secondary N) is 1. The lowest BCUT2D eigenvalue weighted by molar-refractivity contribution is 0.412. The van der Waals surface area contributed by atoms with Gasteiger partial charge in [-0.2, -0.15) is 5.10 Å². The standard InChI is InChI=1S/C13H17N3O/c1-8(2)12-14-13(16-15-12)10-5-6-11(17-4)9(3)7-10/h5-8H,1-4H3,(H,14,15,16). The zero-order valence-electron chi connectivity index (χ0n) is 10.6. The number of H-pyrrole nitrogens is 1. The summed E-state index contributed by atoms with van der Waals surface area (Å²) < 4.78 is 5.23. The second kappa shape index (κ2) is 4.57. The first-order valence-electron chi connectivity index (χ1n) is 5.69. The fourth-order valence-corrected chi connectivity index (χ4v) is 1.68. The maximum absolute atomic E-state index is 5.23. The first kappa shape index (κ1) is 11.6. The van der Waals surface area contributed by atoms with Crippen molar-refractivity contribution in [1.82, 2.24) is 15.2 Å². The van der Waals surface area contributed by atoms with Crippen molar-refractivity contribution in [1.29, 1.82) is 0 Å². The largest absolute Gasteiger partial charge is 0.496 e. The molecule has 2 aromatic rings. The van der Waals surface area contributed by atoms with E-state index in [4.69, 9.17) is 4.74 Å². The van der Waals surface area contributed by atoms with Gasteiger partial charge in [0.1, 0.15) is 11.6 Å². The van der Waals surface area contributed by atoms with E-state index in [2.05, 4.69) is 29.0 Å². The summed E-state index contributed by atoms with van der Waals surface area (Å²) in [6, 6.07) is 5.95. The van der Waals surface area contributed by atoms with Crippen LogP contribution in [0.25, 0.3) is 11.4 Å². The van der Waals surface area contributed by atoms with Gasteiger partial charge in [0.05, 0.1) is 7.11 Å². The summed E-state index contributed by atoms with van der Waals surface area (Å²) in [7, 11) is 1.67. The van der Waals surface area contributed by atoms with E-state index in [1.165, 1.54) is 0 Å². The number of methoxy groups -OCH3 is 1. The summed E-state index contributed by atoms with van der Waals surface area (Å²) in [5, 5.41) is 7.19. The molecule has 0 amide bonds. The van der Waals surface area contributed by atoms with Gasteiger partial charge < -0.3 is 4.74 Å². The molecule has 90 valence electrons. The smallest absolute Gasteiger partial charge is 0.181 e. The van der Waals surface area contributed by atoms with Crippen LogP contribution in [0.15, 0.2) is 18.2 Å². The van der Waals surface area contributed by atoms with Gasteiger partial charge in [-0.1, -0.05) is 13.8 Å². The lowest BCUT2D eigenvalue weighted by Gasteiger charge is -2.04. The zero-order valence-corrected chi connectivity index (χ0v) is 10.6. The normalized spacial score (nSPS) is 10.9. The molecule has 4 nitrogen and oxygen atoms in total. The fourth-order valence-electron chi connectivity index (χ4n) is 1.68. The van der Waals surface area contributed by atoms with Crippen molar-refractivity contribution in [3.63, 3.8) is 0 Å². The first-order valence-corrected chi connectivity index (χ1v) is 5.69. The molecule has 0 aliphatic heterocycles. The van der Waals surface area contributed by atoms with Crippen LogP contribution in [0.5, 0.6) is 5.75 Å². The molecule has 1 heterocycles. The van der Waals surface area contributed by atoms with Gasteiger partial charge in [-0.3, -0.25) is 5.10 Å². The van der Waals surface area contributed by atoms with E-state index in [0.29, 0.717) is 5.92 Å². The molecule has 17 heavy (non-hydrogen) atoms. The number of hydrogen-bond acceptors (Lipinski definition) is 3. The van der Waals surface area contributed by atoms with Crippen LogP contribution in [-0.2, 0) is 0 Å². The van der Waals surface area contributed by atoms with Gasteiger partial charge in [0.15, 0.2) is 5.82 Å². The Labute approximate surface area is 101 Å². The maximum atomic E-state index is 5.23. The van der Waals surface area contributed by atoms with Crippen molar-refractivity contribution in [3.05, 3.63) is 29.6 Å². The van der Waals surface area contributed by atoms with E-state index >= 15 is 0 Å². The quantitative estimate of drug-likeness (QED) is 0.883. The number of rotatable bonds is 3. The molecule has 0 bridgehead atoms. The second-order valence-corrected chi connectivity index (χ2v) is 4.38. The zero-order chi connectivity index (χ0) is 12.4. The predicted octanol–water partition coefficient (Wildman–Crippen LogP) is 2.91. The van der Waals surface area contributed by atoms with Gasteiger partial charge >= 0.3 is 0 Å². The molecule has 0 aliphatic rings. The number of benzene rings is 1. The summed E-state index contributed by atoms with van der Waals surface area (Å²) in [5.74, 6) is 2.89. The molecule has 0 fully saturated rings. The summed E-state index contributed by atoms with van der Waals surface area (Å²) in [4.78, 5) is 4.47.